The lowest BCUT2D eigenvalue weighted by atomic mass is 9.81. The highest BCUT2D eigenvalue weighted by Crippen LogP contribution is 2.46. The molecular formula is C12H18BrNO3. The molecular weight excluding hydrogens is 286 g/mol. The first kappa shape index (κ1) is 12.9. The summed E-state index contributed by atoms with van der Waals surface area (Å²) in [6.45, 7) is 3.39. The van der Waals surface area contributed by atoms with E-state index >= 15 is 0 Å². The van der Waals surface area contributed by atoms with E-state index in [4.69, 9.17) is 4.74 Å². The fourth-order valence-electron chi connectivity index (χ4n) is 2.68. The summed E-state index contributed by atoms with van der Waals surface area (Å²) in [7, 11) is 0. The summed E-state index contributed by atoms with van der Waals surface area (Å²) < 4.78 is 5.99. The van der Waals surface area contributed by atoms with Crippen LogP contribution in [0.1, 0.15) is 46.0 Å². The minimum Gasteiger partial charge on any atom is -0.471 e. The molecule has 0 aromatic rings. The highest BCUT2D eigenvalue weighted by atomic mass is 79.9. The molecule has 1 heterocycles. The Balaban J connectivity index is 2.13. The summed E-state index contributed by atoms with van der Waals surface area (Å²) >= 11 is 3.72. The smallest absolute Gasteiger partial charge is 0.332 e. The second-order valence-corrected chi connectivity index (χ2v) is 5.92. The van der Waals surface area contributed by atoms with Crippen molar-refractivity contribution in [3.63, 3.8) is 0 Å². The van der Waals surface area contributed by atoms with Gasteiger partial charge in [0.1, 0.15) is 5.60 Å². The number of hydrogen-bond acceptors (Lipinski definition) is 4. The molecule has 0 aromatic carbocycles. The Labute approximate surface area is 110 Å². The van der Waals surface area contributed by atoms with Gasteiger partial charge < -0.3 is 9.57 Å². The van der Waals surface area contributed by atoms with Crippen LogP contribution in [-0.4, -0.2) is 22.3 Å². The van der Waals surface area contributed by atoms with Gasteiger partial charge in [-0.3, -0.25) is 0 Å². The van der Waals surface area contributed by atoms with E-state index in [0.29, 0.717) is 5.90 Å². The van der Waals surface area contributed by atoms with Crippen LogP contribution >= 0.6 is 15.9 Å². The van der Waals surface area contributed by atoms with Crippen LogP contribution in [0.2, 0.25) is 0 Å². The van der Waals surface area contributed by atoms with E-state index in [2.05, 4.69) is 25.9 Å². The number of oxime groups is 1. The third-order valence-corrected chi connectivity index (χ3v) is 5.23. The van der Waals surface area contributed by atoms with E-state index in [1.54, 1.807) is 0 Å². The van der Waals surface area contributed by atoms with Gasteiger partial charge >= 0.3 is 5.97 Å². The van der Waals surface area contributed by atoms with Crippen LogP contribution in [0.15, 0.2) is 5.16 Å². The average molecular weight is 304 g/mol. The molecule has 1 saturated carbocycles. The fraction of sp³-hybridized carbons (Fsp3) is 0.833. The van der Waals surface area contributed by atoms with Gasteiger partial charge in [-0.15, -0.1) is 0 Å². The molecule has 96 valence electrons. The molecule has 0 bridgehead atoms. The van der Waals surface area contributed by atoms with Gasteiger partial charge in [0.15, 0.2) is 0 Å². The second kappa shape index (κ2) is 4.96. The number of rotatable bonds is 1. The Morgan fingerprint density at radius 2 is 2.12 bits per heavy atom. The SMILES string of the molecule is CC(=O)O/N=C1\OC2(CCCCC2)[C@H](Br)[C@H]1C. The van der Waals surface area contributed by atoms with Gasteiger partial charge in [-0.1, -0.05) is 29.3 Å². The minimum absolute atomic E-state index is 0.142. The van der Waals surface area contributed by atoms with E-state index in [0.717, 1.165) is 12.8 Å². The molecule has 4 nitrogen and oxygen atoms in total. The quantitative estimate of drug-likeness (QED) is 0.425. The maximum Gasteiger partial charge on any atom is 0.332 e. The van der Waals surface area contributed by atoms with Crippen molar-refractivity contribution in [1.29, 1.82) is 0 Å². The van der Waals surface area contributed by atoms with Gasteiger partial charge in [-0.25, -0.2) is 4.79 Å². The zero-order valence-corrected chi connectivity index (χ0v) is 11.8. The monoisotopic (exact) mass is 303 g/mol. The van der Waals surface area contributed by atoms with E-state index in [-0.39, 0.29) is 16.3 Å². The molecule has 2 aliphatic rings. The number of carbonyl (C=O) groups is 1. The summed E-state index contributed by atoms with van der Waals surface area (Å²) in [5.74, 6) is 0.278. The largest absolute Gasteiger partial charge is 0.471 e. The van der Waals surface area contributed by atoms with Gasteiger partial charge in [0.05, 0.1) is 10.7 Å². The Kier molecular flexibility index (Phi) is 3.76. The Hall–Kier alpha value is -0.580. The van der Waals surface area contributed by atoms with Crippen molar-refractivity contribution in [2.75, 3.05) is 0 Å². The predicted octanol–water partition coefficient (Wildman–Crippen LogP) is 3.00. The van der Waals surface area contributed by atoms with Crippen molar-refractivity contribution in [1.82, 2.24) is 0 Å². The van der Waals surface area contributed by atoms with E-state index in [1.165, 1.54) is 26.2 Å². The maximum atomic E-state index is 10.8. The van der Waals surface area contributed by atoms with Gasteiger partial charge in [0.25, 0.3) is 0 Å². The standard InChI is InChI=1S/C12H18BrNO3/c1-8-10(13)12(6-4-3-5-7-12)16-11(8)14-17-9(2)15/h8,10H,3-7H2,1-2H3/b14-11-/t8-,10-/m1/s1. The number of hydrogen-bond donors (Lipinski definition) is 0. The lowest BCUT2D eigenvalue weighted by Crippen LogP contribution is -2.39. The molecule has 1 aliphatic carbocycles. The van der Waals surface area contributed by atoms with Crippen LogP contribution < -0.4 is 0 Å². The number of ether oxygens (including phenoxy) is 1. The fourth-order valence-corrected chi connectivity index (χ4v) is 3.45. The summed E-state index contributed by atoms with van der Waals surface area (Å²) in [4.78, 5) is 15.7. The second-order valence-electron chi connectivity index (χ2n) is 4.93. The molecule has 5 heteroatoms. The first-order valence-corrected chi connectivity index (χ1v) is 7.05. The molecule has 0 unspecified atom stereocenters. The van der Waals surface area contributed by atoms with Crippen molar-refractivity contribution in [3.05, 3.63) is 0 Å². The van der Waals surface area contributed by atoms with E-state index < -0.39 is 5.97 Å². The van der Waals surface area contributed by atoms with E-state index in [9.17, 15) is 4.79 Å². The highest BCUT2D eigenvalue weighted by Gasteiger charge is 2.51. The van der Waals surface area contributed by atoms with Crippen molar-refractivity contribution in [2.45, 2.75) is 56.4 Å². The van der Waals surface area contributed by atoms with Gasteiger partial charge in [0.2, 0.25) is 5.90 Å². The molecule has 2 atom stereocenters. The van der Waals surface area contributed by atoms with Crippen LogP contribution in [0.3, 0.4) is 0 Å². The zero-order chi connectivity index (χ0) is 12.5. The summed E-state index contributed by atoms with van der Waals surface area (Å²) in [5.41, 5.74) is -0.142. The third-order valence-electron chi connectivity index (χ3n) is 3.60. The van der Waals surface area contributed by atoms with Crippen LogP contribution in [0.4, 0.5) is 0 Å². The normalized spacial score (nSPS) is 33.7. The maximum absolute atomic E-state index is 10.8. The summed E-state index contributed by atoms with van der Waals surface area (Å²) in [6.07, 6.45) is 5.75. The molecule has 1 saturated heterocycles. The predicted molar refractivity (Wildman–Crippen MR) is 68.0 cm³/mol. The van der Waals surface area contributed by atoms with Crippen LogP contribution in [0.25, 0.3) is 0 Å². The van der Waals surface area contributed by atoms with Crippen LogP contribution in [0.5, 0.6) is 0 Å². The third kappa shape index (κ3) is 2.49. The summed E-state index contributed by atoms with van der Waals surface area (Å²) in [5, 5.41) is 3.82. The lowest BCUT2D eigenvalue weighted by molar-refractivity contribution is -0.141. The average Bonchev–Trinajstić information content (AvgIpc) is 2.53. The zero-order valence-electron chi connectivity index (χ0n) is 10.2. The molecule has 1 aliphatic heterocycles. The Bertz CT molecular complexity index is 337. The molecule has 0 aromatic heterocycles. The van der Waals surface area contributed by atoms with Gasteiger partial charge in [-0.05, 0) is 30.8 Å². The molecule has 0 N–H and O–H groups in total. The lowest BCUT2D eigenvalue weighted by Gasteiger charge is -2.35. The number of carbonyl (C=O) groups excluding carboxylic acids is 1. The number of nitrogens with zero attached hydrogens (tertiary/aromatic N) is 1. The molecule has 17 heavy (non-hydrogen) atoms. The van der Waals surface area contributed by atoms with Gasteiger partial charge in [-0.2, -0.15) is 0 Å². The highest BCUT2D eigenvalue weighted by molar-refractivity contribution is 9.09. The molecule has 1 spiro atoms. The topological polar surface area (TPSA) is 47.9 Å². The van der Waals surface area contributed by atoms with Crippen LogP contribution in [0, 0.1) is 5.92 Å². The van der Waals surface area contributed by atoms with E-state index in [1.807, 2.05) is 6.92 Å². The molecule has 0 radical (unpaired) electrons. The first-order valence-electron chi connectivity index (χ1n) is 6.14. The number of halogens is 1. The van der Waals surface area contributed by atoms with Crippen LogP contribution in [-0.2, 0) is 14.4 Å². The minimum atomic E-state index is -0.413. The van der Waals surface area contributed by atoms with Crippen molar-refractivity contribution < 1.29 is 14.4 Å². The molecule has 2 rings (SSSR count). The van der Waals surface area contributed by atoms with Crippen molar-refractivity contribution in [2.24, 2.45) is 11.1 Å². The summed E-state index contributed by atoms with van der Waals surface area (Å²) in [6, 6.07) is 0. The Morgan fingerprint density at radius 1 is 1.47 bits per heavy atom. The number of alkyl halides is 1. The van der Waals surface area contributed by atoms with Gasteiger partial charge in [0, 0.05) is 6.92 Å². The van der Waals surface area contributed by atoms with Crippen molar-refractivity contribution >= 4 is 27.8 Å². The van der Waals surface area contributed by atoms with Crippen molar-refractivity contribution in [3.8, 4) is 0 Å². The first-order chi connectivity index (χ1) is 8.05. The Morgan fingerprint density at radius 3 is 2.71 bits per heavy atom. The molecule has 0 amide bonds. The molecule has 2 fully saturated rings.